The Bertz CT molecular complexity index is 790. The molecular formula is C18H15ClFNO3. The molecule has 124 valence electrons. The molecule has 4 nitrogen and oxygen atoms in total. The lowest BCUT2D eigenvalue weighted by atomic mass is 10.2. The van der Waals surface area contributed by atoms with E-state index in [0.29, 0.717) is 10.7 Å². The van der Waals surface area contributed by atoms with Crippen molar-refractivity contribution in [3.8, 4) is 0 Å². The number of esters is 1. The van der Waals surface area contributed by atoms with Crippen molar-refractivity contribution >= 4 is 35.2 Å². The van der Waals surface area contributed by atoms with Gasteiger partial charge in [-0.1, -0.05) is 35.9 Å². The van der Waals surface area contributed by atoms with Gasteiger partial charge in [0.2, 0.25) is 0 Å². The molecule has 0 radical (unpaired) electrons. The van der Waals surface area contributed by atoms with Gasteiger partial charge in [-0.25, -0.2) is 9.18 Å². The molecule has 0 saturated carbocycles. The van der Waals surface area contributed by atoms with Crippen molar-refractivity contribution in [3.05, 3.63) is 70.5 Å². The van der Waals surface area contributed by atoms with E-state index in [0.717, 1.165) is 11.6 Å². The standard InChI is InChI=1S/C18H15ClFNO3/c1-12-6-8-14(10-15(12)19)21-17(22)11-24-18(23)9-7-13-4-2-3-5-16(13)20/h2-10H,11H2,1H3,(H,21,22)/b9-7+. The van der Waals surface area contributed by atoms with Crippen LogP contribution in [0.2, 0.25) is 5.02 Å². The normalized spacial score (nSPS) is 10.6. The zero-order valence-corrected chi connectivity index (χ0v) is 13.6. The minimum Gasteiger partial charge on any atom is -0.452 e. The molecule has 2 aromatic rings. The van der Waals surface area contributed by atoms with Gasteiger partial charge >= 0.3 is 5.97 Å². The Balaban J connectivity index is 1.84. The molecule has 2 aromatic carbocycles. The van der Waals surface area contributed by atoms with Crippen molar-refractivity contribution in [2.75, 3.05) is 11.9 Å². The van der Waals surface area contributed by atoms with E-state index in [9.17, 15) is 14.0 Å². The summed E-state index contributed by atoms with van der Waals surface area (Å²) in [7, 11) is 0. The third kappa shape index (κ3) is 5.21. The summed E-state index contributed by atoms with van der Waals surface area (Å²) >= 11 is 5.96. The van der Waals surface area contributed by atoms with Crippen LogP contribution >= 0.6 is 11.6 Å². The van der Waals surface area contributed by atoms with Gasteiger partial charge in [-0.15, -0.1) is 0 Å². The monoisotopic (exact) mass is 347 g/mol. The zero-order chi connectivity index (χ0) is 17.5. The highest BCUT2D eigenvalue weighted by Gasteiger charge is 2.07. The number of benzene rings is 2. The fourth-order valence-corrected chi connectivity index (χ4v) is 2.00. The van der Waals surface area contributed by atoms with Crippen LogP contribution in [0.25, 0.3) is 6.08 Å². The van der Waals surface area contributed by atoms with Crippen LogP contribution in [0.3, 0.4) is 0 Å². The summed E-state index contributed by atoms with van der Waals surface area (Å²) in [5, 5.41) is 3.09. The number of aryl methyl sites for hydroxylation is 1. The second kappa shape index (κ2) is 8.26. The highest BCUT2D eigenvalue weighted by Crippen LogP contribution is 2.19. The predicted octanol–water partition coefficient (Wildman–Crippen LogP) is 3.98. The highest BCUT2D eigenvalue weighted by molar-refractivity contribution is 6.31. The molecule has 0 atom stereocenters. The molecule has 0 spiro atoms. The van der Waals surface area contributed by atoms with E-state index in [4.69, 9.17) is 16.3 Å². The van der Waals surface area contributed by atoms with Gasteiger partial charge in [-0.05, 0) is 36.8 Å². The van der Waals surface area contributed by atoms with Crippen LogP contribution in [0.1, 0.15) is 11.1 Å². The Hall–Kier alpha value is -2.66. The van der Waals surface area contributed by atoms with Crippen molar-refractivity contribution in [2.45, 2.75) is 6.92 Å². The van der Waals surface area contributed by atoms with Crippen LogP contribution in [-0.4, -0.2) is 18.5 Å². The van der Waals surface area contributed by atoms with Crippen LogP contribution in [0.4, 0.5) is 10.1 Å². The summed E-state index contributed by atoms with van der Waals surface area (Å²) < 4.78 is 18.2. The van der Waals surface area contributed by atoms with Crippen LogP contribution in [-0.2, 0) is 14.3 Å². The number of nitrogens with one attached hydrogen (secondary N) is 1. The molecule has 0 fully saturated rings. The Morgan fingerprint density at radius 2 is 2.00 bits per heavy atom. The van der Waals surface area contributed by atoms with Crippen molar-refractivity contribution in [2.24, 2.45) is 0 Å². The fourth-order valence-electron chi connectivity index (χ4n) is 1.82. The van der Waals surface area contributed by atoms with Gasteiger partial charge in [0.15, 0.2) is 6.61 Å². The number of amides is 1. The maximum absolute atomic E-state index is 13.4. The molecule has 1 amide bonds. The topological polar surface area (TPSA) is 55.4 Å². The third-order valence-electron chi connectivity index (χ3n) is 3.11. The molecule has 6 heteroatoms. The molecule has 24 heavy (non-hydrogen) atoms. The molecule has 0 aliphatic carbocycles. The molecule has 0 aliphatic heterocycles. The molecule has 0 bridgehead atoms. The Labute approximate surface area is 143 Å². The molecule has 0 unspecified atom stereocenters. The first kappa shape index (κ1) is 17.7. The van der Waals surface area contributed by atoms with Crippen LogP contribution in [0.5, 0.6) is 0 Å². The Morgan fingerprint density at radius 1 is 1.25 bits per heavy atom. The summed E-state index contributed by atoms with van der Waals surface area (Å²) in [5.41, 5.74) is 1.65. The second-order valence-electron chi connectivity index (χ2n) is 4.97. The minimum atomic E-state index is -0.740. The number of rotatable bonds is 5. The lowest BCUT2D eigenvalue weighted by molar-refractivity contribution is -0.142. The zero-order valence-electron chi connectivity index (χ0n) is 12.9. The van der Waals surface area contributed by atoms with E-state index >= 15 is 0 Å². The van der Waals surface area contributed by atoms with Gasteiger partial charge in [-0.3, -0.25) is 4.79 Å². The average Bonchev–Trinajstić information content (AvgIpc) is 2.55. The number of hydrogen-bond donors (Lipinski definition) is 1. The Kier molecular flexibility index (Phi) is 6.09. The molecule has 0 heterocycles. The van der Waals surface area contributed by atoms with Crippen molar-refractivity contribution in [1.29, 1.82) is 0 Å². The van der Waals surface area contributed by atoms with E-state index < -0.39 is 24.3 Å². The summed E-state index contributed by atoms with van der Waals surface area (Å²) in [6.45, 7) is 1.39. The van der Waals surface area contributed by atoms with Gasteiger partial charge in [-0.2, -0.15) is 0 Å². The molecule has 2 rings (SSSR count). The number of carbonyl (C=O) groups excluding carboxylic acids is 2. The van der Waals surface area contributed by atoms with E-state index in [1.807, 2.05) is 6.92 Å². The average molecular weight is 348 g/mol. The number of hydrogen-bond acceptors (Lipinski definition) is 3. The summed E-state index contributed by atoms with van der Waals surface area (Å²) in [6, 6.07) is 11.1. The maximum Gasteiger partial charge on any atom is 0.331 e. The van der Waals surface area contributed by atoms with E-state index in [2.05, 4.69) is 5.32 Å². The van der Waals surface area contributed by atoms with E-state index in [-0.39, 0.29) is 5.56 Å². The molecule has 0 saturated heterocycles. The quantitative estimate of drug-likeness (QED) is 0.657. The fraction of sp³-hybridized carbons (Fsp3) is 0.111. The first-order valence-electron chi connectivity index (χ1n) is 7.11. The van der Waals surface area contributed by atoms with Gasteiger partial charge in [0.05, 0.1) is 0 Å². The SMILES string of the molecule is Cc1ccc(NC(=O)COC(=O)/C=C/c2ccccc2F)cc1Cl. The lowest BCUT2D eigenvalue weighted by Gasteiger charge is -2.07. The summed E-state index contributed by atoms with van der Waals surface area (Å²) in [5.74, 6) is -1.69. The van der Waals surface area contributed by atoms with Crippen molar-refractivity contribution in [1.82, 2.24) is 0 Å². The van der Waals surface area contributed by atoms with Gasteiger partial charge < -0.3 is 10.1 Å². The van der Waals surface area contributed by atoms with Gasteiger partial charge in [0, 0.05) is 22.3 Å². The van der Waals surface area contributed by atoms with Crippen LogP contribution < -0.4 is 5.32 Å². The van der Waals surface area contributed by atoms with Crippen LogP contribution in [0, 0.1) is 12.7 Å². The summed E-state index contributed by atoms with van der Waals surface area (Å²) in [4.78, 5) is 23.3. The second-order valence-corrected chi connectivity index (χ2v) is 5.38. The number of carbonyl (C=O) groups is 2. The number of anilines is 1. The van der Waals surface area contributed by atoms with Crippen molar-refractivity contribution < 1.29 is 18.7 Å². The number of halogens is 2. The predicted molar refractivity (Wildman–Crippen MR) is 91.2 cm³/mol. The smallest absolute Gasteiger partial charge is 0.331 e. The molecule has 0 aromatic heterocycles. The summed E-state index contributed by atoms with van der Waals surface area (Å²) in [6.07, 6.45) is 2.35. The first-order chi connectivity index (χ1) is 11.5. The number of ether oxygens (including phenoxy) is 1. The first-order valence-corrected chi connectivity index (χ1v) is 7.49. The third-order valence-corrected chi connectivity index (χ3v) is 3.51. The minimum absolute atomic E-state index is 0.258. The lowest BCUT2D eigenvalue weighted by Crippen LogP contribution is -2.20. The van der Waals surface area contributed by atoms with E-state index in [1.54, 1.807) is 30.3 Å². The molecule has 0 aliphatic rings. The largest absolute Gasteiger partial charge is 0.452 e. The molecule has 1 N–H and O–H groups in total. The van der Waals surface area contributed by atoms with Crippen molar-refractivity contribution in [3.63, 3.8) is 0 Å². The van der Waals surface area contributed by atoms with Gasteiger partial charge in [0.25, 0.3) is 5.91 Å². The van der Waals surface area contributed by atoms with Gasteiger partial charge in [0.1, 0.15) is 5.82 Å². The highest BCUT2D eigenvalue weighted by atomic mass is 35.5. The van der Waals surface area contributed by atoms with Crippen LogP contribution in [0.15, 0.2) is 48.5 Å². The molecular weight excluding hydrogens is 333 g/mol. The van der Waals surface area contributed by atoms with E-state index in [1.165, 1.54) is 18.2 Å². The maximum atomic E-state index is 13.4. The Morgan fingerprint density at radius 3 is 2.71 bits per heavy atom.